The molecular formula is C18H17ClN2O4S. The molecule has 0 unspecified atom stereocenters. The minimum Gasteiger partial charge on any atom is -0.454 e. The Hall–Kier alpha value is -2.25. The summed E-state index contributed by atoms with van der Waals surface area (Å²) >= 11 is 6.21. The average molecular weight is 393 g/mol. The van der Waals surface area contributed by atoms with E-state index in [1.165, 1.54) is 0 Å². The minimum absolute atomic E-state index is 0.00403. The monoisotopic (exact) mass is 392 g/mol. The van der Waals surface area contributed by atoms with Gasteiger partial charge in [0, 0.05) is 30.8 Å². The van der Waals surface area contributed by atoms with Crippen LogP contribution in [0.5, 0.6) is 0 Å². The van der Waals surface area contributed by atoms with Gasteiger partial charge in [0.15, 0.2) is 15.4 Å². The third kappa shape index (κ3) is 3.01. The number of aromatic nitrogens is 1. The molecule has 1 aromatic carbocycles. The molecular weight excluding hydrogens is 376 g/mol. The van der Waals surface area contributed by atoms with E-state index in [1.807, 2.05) is 24.3 Å². The lowest BCUT2D eigenvalue weighted by Gasteiger charge is -2.11. The van der Waals surface area contributed by atoms with Gasteiger partial charge in [-0.25, -0.2) is 8.42 Å². The molecule has 0 radical (unpaired) electrons. The van der Waals surface area contributed by atoms with Crippen molar-refractivity contribution in [3.8, 4) is 11.3 Å². The predicted octanol–water partition coefficient (Wildman–Crippen LogP) is 3.01. The highest BCUT2D eigenvalue weighted by molar-refractivity contribution is 7.91. The van der Waals surface area contributed by atoms with Gasteiger partial charge in [0.05, 0.1) is 22.0 Å². The van der Waals surface area contributed by atoms with Gasteiger partial charge in [-0.2, -0.15) is 0 Å². The van der Waals surface area contributed by atoms with Crippen LogP contribution in [-0.2, 0) is 16.9 Å². The average Bonchev–Trinajstić information content (AvgIpc) is 3.22. The standard InChI is InChI=1S/C18H17ClN2O4S/c1-21-14-8-16(12-4-2-3-5-13(12)19)25-17(14)9-15(21)18(22)20-11-6-7-26(23,24)10-11/h2-5,8-9,11H,6-7,10H2,1H3,(H,20,22)/t11-/m0/s1. The fourth-order valence-electron chi connectivity index (χ4n) is 3.29. The number of sulfone groups is 1. The van der Waals surface area contributed by atoms with E-state index in [4.69, 9.17) is 16.0 Å². The van der Waals surface area contributed by atoms with Gasteiger partial charge in [-0.3, -0.25) is 4.79 Å². The van der Waals surface area contributed by atoms with Crippen LogP contribution >= 0.6 is 11.6 Å². The second kappa shape index (κ2) is 6.17. The molecule has 26 heavy (non-hydrogen) atoms. The summed E-state index contributed by atoms with van der Waals surface area (Å²) in [5.41, 5.74) is 2.55. The molecule has 0 bridgehead atoms. The Labute approximate surface area is 155 Å². The molecule has 0 spiro atoms. The third-order valence-electron chi connectivity index (χ3n) is 4.67. The lowest BCUT2D eigenvalue weighted by molar-refractivity contribution is 0.0933. The van der Waals surface area contributed by atoms with Crippen LogP contribution in [0.2, 0.25) is 5.02 Å². The maximum atomic E-state index is 12.5. The van der Waals surface area contributed by atoms with Gasteiger partial charge in [-0.15, -0.1) is 0 Å². The second-order valence-corrected chi connectivity index (χ2v) is 9.14. The molecule has 8 heteroatoms. The SMILES string of the molecule is Cn1c(C(=O)N[C@H]2CCS(=O)(=O)C2)cc2oc(-c3ccccc3Cl)cc21. The zero-order valence-electron chi connectivity index (χ0n) is 14.0. The highest BCUT2D eigenvalue weighted by Gasteiger charge is 2.30. The van der Waals surface area contributed by atoms with Gasteiger partial charge >= 0.3 is 0 Å². The van der Waals surface area contributed by atoms with Crippen molar-refractivity contribution in [1.29, 1.82) is 0 Å². The van der Waals surface area contributed by atoms with Crippen LogP contribution < -0.4 is 5.32 Å². The van der Waals surface area contributed by atoms with Gasteiger partial charge in [0.25, 0.3) is 5.91 Å². The molecule has 0 aliphatic carbocycles. The Kier molecular flexibility index (Phi) is 4.08. The summed E-state index contributed by atoms with van der Waals surface area (Å²) in [4.78, 5) is 12.5. The number of halogens is 1. The van der Waals surface area contributed by atoms with Crippen LogP contribution in [0.15, 0.2) is 40.8 Å². The lowest BCUT2D eigenvalue weighted by atomic mass is 10.2. The molecule has 3 aromatic rings. The maximum absolute atomic E-state index is 12.5. The van der Waals surface area contributed by atoms with E-state index in [0.29, 0.717) is 28.5 Å². The highest BCUT2D eigenvalue weighted by atomic mass is 35.5. The summed E-state index contributed by atoms with van der Waals surface area (Å²) in [6, 6.07) is 10.5. The number of carbonyl (C=O) groups excluding carboxylic acids is 1. The van der Waals surface area contributed by atoms with Gasteiger partial charge in [-0.05, 0) is 18.6 Å². The first-order valence-corrected chi connectivity index (χ1v) is 10.4. The number of benzene rings is 1. The molecule has 3 heterocycles. The normalized spacial score (nSPS) is 19.1. The third-order valence-corrected chi connectivity index (χ3v) is 6.77. The van der Waals surface area contributed by atoms with E-state index in [-0.39, 0.29) is 23.5 Å². The van der Waals surface area contributed by atoms with E-state index >= 15 is 0 Å². The molecule has 1 atom stereocenters. The molecule has 1 aliphatic heterocycles. The highest BCUT2D eigenvalue weighted by Crippen LogP contribution is 2.33. The smallest absolute Gasteiger partial charge is 0.268 e. The zero-order valence-corrected chi connectivity index (χ0v) is 15.6. The summed E-state index contributed by atoms with van der Waals surface area (Å²) in [6.07, 6.45) is 0.450. The minimum atomic E-state index is -3.04. The quantitative estimate of drug-likeness (QED) is 0.742. The van der Waals surface area contributed by atoms with Crippen LogP contribution in [0.25, 0.3) is 22.4 Å². The van der Waals surface area contributed by atoms with E-state index in [0.717, 1.165) is 11.1 Å². The Morgan fingerprint density at radius 3 is 2.73 bits per heavy atom. The predicted molar refractivity (Wildman–Crippen MR) is 100 cm³/mol. The number of rotatable bonds is 3. The molecule has 1 fully saturated rings. The van der Waals surface area contributed by atoms with Crippen molar-refractivity contribution in [2.24, 2.45) is 7.05 Å². The van der Waals surface area contributed by atoms with Crippen molar-refractivity contribution in [2.75, 3.05) is 11.5 Å². The Morgan fingerprint density at radius 1 is 1.31 bits per heavy atom. The second-order valence-electron chi connectivity index (χ2n) is 6.50. The number of furan rings is 1. The van der Waals surface area contributed by atoms with Crippen LogP contribution in [0.1, 0.15) is 16.9 Å². The zero-order chi connectivity index (χ0) is 18.5. The largest absolute Gasteiger partial charge is 0.454 e. The molecule has 4 rings (SSSR count). The van der Waals surface area contributed by atoms with Gasteiger partial charge in [0.2, 0.25) is 0 Å². The van der Waals surface area contributed by atoms with Crippen LogP contribution in [-0.4, -0.2) is 36.4 Å². The van der Waals surface area contributed by atoms with Gasteiger partial charge in [0.1, 0.15) is 11.5 Å². The number of nitrogens with zero attached hydrogens (tertiary/aromatic N) is 1. The molecule has 6 nitrogen and oxygen atoms in total. The van der Waals surface area contributed by atoms with Crippen molar-refractivity contribution in [3.63, 3.8) is 0 Å². The fourth-order valence-corrected chi connectivity index (χ4v) is 5.19. The number of hydrogen-bond donors (Lipinski definition) is 1. The first-order chi connectivity index (χ1) is 12.3. The van der Waals surface area contributed by atoms with Crippen molar-refractivity contribution >= 4 is 38.4 Å². The van der Waals surface area contributed by atoms with Crippen molar-refractivity contribution < 1.29 is 17.6 Å². The van der Waals surface area contributed by atoms with Gasteiger partial charge in [-0.1, -0.05) is 23.7 Å². The van der Waals surface area contributed by atoms with Crippen molar-refractivity contribution in [1.82, 2.24) is 9.88 Å². The number of fused-ring (bicyclic) bond motifs is 1. The number of aryl methyl sites for hydroxylation is 1. The van der Waals surface area contributed by atoms with E-state index in [2.05, 4.69) is 5.32 Å². The van der Waals surface area contributed by atoms with E-state index in [9.17, 15) is 13.2 Å². The Morgan fingerprint density at radius 2 is 2.08 bits per heavy atom. The van der Waals surface area contributed by atoms with Gasteiger partial charge < -0.3 is 14.3 Å². The Balaban J connectivity index is 1.62. The fraction of sp³-hybridized carbons (Fsp3) is 0.278. The number of amides is 1. The van der Waals surface area contributed by atoms with Crippen LogP contribution in [0.3, 0.4) is 0 Å². The number of carbonyl (C=O) groups is 1. The Bertz CT molecular complexity index is 1110. The number of hydrogen-bond acceptors (Lipinski definition) is 4. The maximum Gasteiger partial charge on any atom is 0.268 e. The first kappa shape index (κ1) is 17.2. The van der Waals surface area contributed by atoms with E-state index in [1.54, 1.807) is 23.7 Å². The molecule has 1 aliphatic rings. The summed E-state index contributed by atoms with van der Waals surface area (Å²) < 4.78 is 30.7. The van der Waals surface area contributed by atoms with E-state index < -0.39 is 9.84 Å². The summed E-state index contributed by atoms with van der Waals surface area (Å²) in [6.45, 7) is 0. The van der Waals surface area contributed by atoms with Crippen LogP contribution in [0, 0.1) is 0 Å². The lowest BCUT2D eigenvalue weighted by Crippen LogP contribution is -2.36. The summed E-state index contributed by atoms with van der Waals surface area (Å²) in [5.74, 6) is 0.440. The van der Waals surface area contributed by atoms with Crippen molar-refractivity contribution in [2.45, 2.75) is 12.5 Å². The molecule has 136 valence electrons. The molecule has 1 amide bonds. The summed E-state index contributed by atoms with van der Waals surface area (Å²) in [5, 5.41) is 3.39. The van der Waals surface area contributed by atoms with Crippen molar-refractivity contribution in [3.05, 3.63) is 47.1 Å². The topological polar surface area (TPSA) is 81.3 Å². The molecule has 1 saturated heterocycles. The molecule has 0 saturated carbocycles. The molecule has 2 aromatic heterocycles. The first-order valence-electron chi connectivity index (χ1n) is 8.19. The molecule has 1 N–H and O–H groups in total. The number of nitrogens with one attached hydrogen (secondary N) is 1. The van der Waals surface area contributed by atoms with Crippen LogP contribution in [0.4, 0.5) is 0 Å². The summed E-state index contributed by atoms with van der Waals surface area (Å²) in [7, 11) is -1.27.